The predicted octanol–water partition coefficient (Wildman–Crippen LogP) is 3.15. The van der Waals surface area contributed by atoms with Crippen LogP contribution in [0.4, 0.5) is 11.4 Å². The van der Waals surface area contributed by atoms with Crippen LogP contribution in [0.15, 0.2) is 53.4 Å². The van der Waals surface area contributed by atoms with E-state index in [1.54, 1.807) is 0 Å². The zero-order valence-electron chi connectivity index (χ0n) is 15.4. The van der Waals surface area contributed by atoms with Crippen LogP contribution in [0, 0.1) is 6.92 Å². The Morgan fingerprint density at radius 2 is 1.89 bits per heavy atom. The normalized spacial score (nSPS) is 19.4. The molecule has 0 unspecified atom stereocenters. The van der Waals surface area contributed by atoms with Crippen LogP contribution < -0.4 is 10.2 Å². The Kier molecular flexibility index (Phi) is 5.07. The van der Waals surface area contributed by atoms with Gasteiger partial charge in [-0.15, -0.1) is 11.8 Å². The maximum absolute atomic E-state index is 12.7. The number of piperazine rings is 1. The lowest BCUT2D eigenvalue weighted by Crippen LogP contribution is -2.49. The monoisotopic (exact) mass is 381 g/mol. The third-order valence-corrected chi connectivity index (χ3v) is 6.34. The quantitative estimate of drug-likeness (QED) is 0.887. The first kappa shape index (κ1) is 17.9. The number of anilines is 2. The van der Waals surface area contributed by atoms with E-state index in [0.29, 0.717) is 13.1 Å². The maximum atomic E-state index is 12.7. The van der Waals surface area contributed by atoms with Crippen molar-refractivity contribution in [1.29, 1.82) is 0 Å². The Labute approximate surface area is 163 Å². The number of fused-ring (bicyclic) bond motifs is 1. The van der Waals surface area contributed by atoms with Gasteiger partial charge in [0.05, 0.1) is 10.9 Å². The van der Waals surface area contributed by atoms with Gasteiger partial charge in [0.1, 0.15) is 0 Å². The average Bonchev–Trinajstić information content (AvgIpc) is 2.68. The van der Waals surface area contributed by atoms with Crippen molar-refractivity contribution < 1.29 is 9.59 Å². The number of aryl methyl sites for hydroxylation is 1. The number of thioether (sulfide) groups is 1. The van der Waals surface area contributed by atoms with Crippen LogP contribution in [0.3, 0.4) is 0 Å². The zero-order chi connectivity index (χ0) is 18.8. The minimum absolute atomic E-state index is 0.0610. The van der Waals surface area contributed by atoms with E-state index in [1.165, 1.54) is 23.0 Å². The van der Waals surface area contributed by atoms with Gasteiger partial charge < -0.3 is 15.1 Å². The summed E-state index contributed by atoms with van der Waals surface area (Å²) in [5.41, 5.74) is 3.29. The molecular formula is C21H23N3O2S. The maximum Gasteiger partial charge on any atom is 0.238 e. The van der Waals surface area contributed by atoms with E-state index < -0.39 is 0 Å². The SMILES string of the molecule is Cc1cccc(N2CCN(C(=O)C[C@@H]3Sc4ccccc4NC3=O)CC2)c1. The number of hydrogen-bond acceptors (Lipinski definition) is 4. The Bertz CT molecular complexity index is 862. The van der Waals surface area contributed by atoms with Gasteiger partial charge in [-0.2, -0.15) is 0 Å². The van der Waals surface area contributed by atoms with E-state index in [2.05, 4.69) is 41.4 Å². The summed E-state index contributed by atoms with van der Waals surface area (Å²) in [6.07, 6.45) is 0.245. The van der Waals surface area contributed by atoms with E-state index in [1.807, 2.05) is 29.2 Å². The highest BCUT2D eigenvalue weighted by Gasteiger charge is 2.31. The van der Waals surface area contributed by atoms with Crippen molar-refractivity contribution >= 4 is 35.0 Å². The lowest BCUT2D eigenvalue weighted by Gasteiger charge is -2.37. The van der Waals surface area contributed by atoms with Crippen molar-refractivity contribution in [1.82, 2.24) is 4.90 Å². The van der Waals surface area contributed by atoms with E-state index in [9.17, 15) is 9.59 Å². The molecule has 0 saturated carbocycles. The number of carbonyl (C=O) groups excluding carboxylic acids is 2. The molecular weight excluding hydrogens is 358 g/mol. The summed E-state index contributed by atoms with van der Waals surface area (Å²) in [5.74, 6) is -0.0172. The third-order valence-electron chi connectivity index (χ3n) is 5.07. The summed E-state index contributed by atoms with van der Waals surface area (Å²) in [7, 11) is 0. The van der Waals surface area contributed by atoms with Crippen LogP contribution in [-0.2, 0) is 9.59 Å². The lowest BCUT2D eigenvalue weighted by molar-refractivity contribution is -0.132. The molecule has 5 nitrogen and oxygen atoms in total. The molecule has 0 spiro atoms. The molecule has 2 aliphatic rings. The van der Waals surface area contributed by atoms with Crippen molar-refractivity contribution in [2.45, 2.75) is 23.5 Å². The Balaban J connectivity index is 1.34. The Hall–Kier alpha value is -2.47. The van der Waals surface area contributed by atoms with Gasteiger partial charge in [-0.3, -0.25) is 9.59 Å². The second-order valence-corrected chi connectivity index (χ2v) is 8.25. The van der Waals surface area contributed by atoms with Crippen LogP contribution in [0.1, 0.15) is 12.0 Å². The molecule has 140 valence electrons. The average molecular weight is 382 g/mol. The number of benzene rings is 2. The highest BCUT2D eigenvalue weighted by atomic mass is 32.2. The van der Waals surface area contributed by atoms with Gasteiger partial charge in [0.25, 0.3) is 0 Å². The molecule has 1 atom stereocenters. The van der Waals surface area contributed by atoms with E-state index in [0.717, 1.165) is 23.7 Å². The summed E-state index contributed by atoms with van der Waals surface area (Å²) in [6.45, 7) is 5.13. The molecule has 0 radical (unpaired) electrons. The molecule has 2 aromatic carbocycles. The molecule has 0 aromatic heterocycles. The fourth-order valence-corrected chi connectivity index (χ4v) is 4.66. The van der Waals surface area contributed by atoms with Crippen LogP contribution in [0.2, 0.25) is 0 Å². The molecule has 4 rings (SSSR count). The highest BCUT2D eigenvalue weighted by Crippen LogP contribution is 2.36. The third kappa shape index (κ3) is 3.95. The van der Waals surface area contributed by atoms with Crippen molar-refractivity contribution in [2.75, 3.05) is 36.4 Å². The number of carbonyl (C=O) groups is 2. The second-order valence-electron chi connectivity index (χ2n) is 7.00. The molecule has 0 bridgehead atoms. The van der Waals surface area contributed by atoms with Crippen molar-refractivity contribution in [3.8, 4) is 0 Å². The first-order chi connectivity index (χ1) is 13.1. The summed E-state index contributed by atoms with van der Waals surface area (Å²) < 4.78 is 0. The number of rotatable bonds is 3. The fourth-order valence-electron chi connectivity index (χ4n) is 3.55. The summed E-state index contributed by atoms with van der Waals surface area (Å²) in [5, 5.41) is 2.55. The zero-order valence-corrected chi connectivity index (χ0v) is 16.2. The van der Waals surface area contributed by atoms with E-state index in [4.69, 9.17) is 0 Å². The van der Waals surface area contributed by atoms with Gasteiger partial charge in [0.2, 0.25) is 11.8 Å². The molecule has 1 N–H and O–H groups in total. The van der Waals surface area contributed by atoms with Crippen LogP contribution in [0.5, 0.6) is 0 Å². The molecule has 2 aliphatic heterocycles. The number of amides is 2. The summed E-state index contributed by atoms with van der Waals surface area (Å²) in [4.78, 5) is 30.3. The van der Waals surface area contributed by atoms with Gasteiger partial charge >= 0.3 is 0 Å². The fraction of sp³-hybridized carbons (Fsp3) is 0.333. The van der Waals surface area contributed by atoms with Crippen molar-refractivity contribution in [3.63, 3.8) is 0 Å². The van der Waals surface area contributed by atoms with Gasteiger partial charge in [0.15, 0.2) is 0 Å². The highest BCUT2D eigenvalue weighted by molar-refractivity contribution is 8.01. The van der Waals surface area contributed by atoms with E-state index in [-0.39, 0.29) is 23.5 Å². The van der Waals surface area contributed by atoms with Crippen molar-refractivity contribution in [2.24, 2.45) is 0 Å². The Morgan fingerprint density at radius 3 is 2.67 bits per heavy atom. The predicted molar refractivity (Wildman–Crippen MR) is 109 cm³/mol. The molecule has 6 heteroatoms. The molecule has 1 saturated heterocycles. The lowest BCUT2D eigenvalue weighted by atomic mass is 10.1. The minimum atomic E-state index is -0.359. The first-order valence-electron chi connectivity index (χ1n) is 9.26. The molecule has 0 aliphatic carbocycles. The van der Waals surface area contributed by atoms with Crippen LogP contribution in [-0.4, -0.2) is 48.1 Å². The second kappa shape index (κ2) is 7.64. The van der Waals surface area contributed by atoms with Gasteiger partial charge in [-0.1, -0.05) is 24.3 Å². The molecule has 2 aromatic rings. The van der Waals surface area contributed by atoms with Gasteiger partial charge in [-0.25, -0.2) is 0 Å². The molecule has 1 fully saturated rings. The summed E-state index contributed by atoms with van der Waals surface area (Å²) >= 11 is 1.49. The first-order valence-corrected chi connectivity index (χ1v) is 10.1. The van der Waals surface area contributed by atoms with Crippen LogP contribution in [0.25, 0.3) is 0 Å². The molecule has 2 heterocycles. The number of nitrogens with one attached hydrogen (secondary N) is 1. The number of para-hydroxylation sites is 1. The van der Waals surface area contributed by atoms with E-state index >= 15 is 0 Å². The van der Waals surface area contributed by atoms with Gasteiger partial charge in [0, 0.05) is 43.2 Å². The number of nitrogens with zero attached hydrogens (tertiary/aromatic N) is 2. The summed E-state index contributed by atoms with van der Waals surface area (Å²) in [6, 6.07) is 16.2. The smallest absolute Gasteiger partial charge is 0.238 e. The standard InChI is InChI=1S/C21H23N3O2S/c1-15-5-4-6-16(13-15)23-9-11-24(12-10-23)20(25)14-19-21(26)22-17-7-2-3-8-18(17)27-19/h2-8,13,19H,9-12,14H2,1H3,(H,22,26)/t19-/m0/s1. The largest absolute Gasteiger partial charge is 0.368 e. The topological polar surface area (TPSA) is 52.6 Å². The Morgan fingerprint density at radius 1 is 1.11 bits per heavy atom. The van der Waals surface area contributed by atoms with Crippen LogP contribution >= 0.6 is 11.8 Å². The van der Waals surface area contributed by atoms with Crippen molar-refractivity contribution in [3.05, 3.63) is 54.1 Å². The van der Waals surface area contributed by atoms with Gasteiger partial charge in [-0.05, 0) is 36.8 Å². The molecule has 2 amide bonds. The number of hydrogen-bond donors (Lipinski definition) is 1. The minimum Gasteiger partial charge on any atom is -0.368 e. The molecule has 27 heavy (non-hydrogen) atoms.